The van der Waals surface area contributed by atoms with Crippen LogP contribution in [0.1, 0.15) is 35.2 Å². The topological polar surface area (TPSA) is 52.7 Å². The molecule has 0 spiro atoms. The second-order valence-corrected chi connectivity index (χ2v) is 8.70. The van der Waals surface area contributed by atoms with Crippen LogP contribution in [0.3, 0.4) is 0 Å². The van der Waals surface area contributed by atoms with Crippen LogP contribution in [0.25, 0.3) is 0 Å². The lowest BCUT2D eigenvalue weighted by Gasteiger charge is -2.32. The highest BCUT2D eigenvalue weighted by molar-refractivity contribution is 6.31. The highest BCUT2D eigenvalue weighted by atomic mass is 35.5. The monoisotopic (exact) mass is 461 g/mol. The fourth-order valence-corrected chi connectivity index (χ4v) is 4.37. The maximum Gasteiger partial charge on any atom is 0.258 e. The Balaban J connectivity index is 1.43. The summed E-state index contributed by atoms with van der Waals surface area (Å²) in [6.07, 6.45) is 3.80. The summed E-state index contributed by atoms with van der Waals surface area (Å²) < 4.78 is 0. The number of halogens is 1. The van der Waals surface area contributed by atoms with E-state index in [0.29, 0.717) is 16.3 Å². The van der Waals surface area contributed by atoms with Gasteiger partial charge in [0, 0.05) is 36.4 Å². The third-order valence-electron chi connectivity index (χ3n) is 5.97. The van der Waals surface area contributed by atoms with E-state index < -0.39 is 0 Å². The number of rotatable bonds is 6. The van der Waals surface area contributed by atoms with Gasteiger partial charge in [0.25, 0.3) is 5.91 Å². The number of hydrogen-bond donors (Lipinski definition) is 1. The normalized spacial score (nSPS) is 13.5. The average Bonchev–Trinajstić information content (AvgIpc) is 2.85. The molecule has 0 saturated carbocycles. The van der Waals surface area contributed by atoms with E-state index in [9.17, 15) is 9.59 Å². The molecule has 1 saturated heterocycles. The van der Waals surface area contributed by atoms with Gasteiger partial charge in [-0.25, -0.2) is 0 Å². The Morgan fingerprint density at radius 1 is 0.909 bits per heavy atom. The van der Waals surface area contributed by atoms with Gasteiger partial charge in [-0.1, -0.05) is 41.9 Å². The van der Waals surface area contributed by atoms with Gasteiger partial charge < -0.3 is 15.1 Å². The summed E-state index contributed by atoms with van der Waals surface area (Å²) in [4.78, 5) is 29.6. The van der Waals surface area contributed by atoms with Crippen molar-refractivity contribution >= 4 is 40.5 Å². The molecule has 3 aromatic carbocycles. The van der Waals surface area contributed by atoms with Crippen LogP contribution in [0.15, 0.2) is 72.8 Å². The number of amides is 2. The average molecular weight is 462 g/mol. The van der Waals surface area contributed by atoms with E-state index in [0.717, 1.165) is 30.0 Å². The Kier molecular flexibility index (Phi) is 7.30. The minimum Gasteiger partial charge on any atom is -0.370 e. The van der Waals surface area contributed by atoms with Gasteiger partial charge in [0.15, 0.2) is 0 Å². The number of anilines is 3. The van der Waals surface area contributed by atoms with E-state index in [-0.39, 0.29) is 18.2 Å². The molecule has 1 heterocycles. The van der Waals surface area contributed by atoms with Crippen molar-refractivity contribution in [2.45, 2.75) is 25.7 Å². The number of carbonyl (C=O) groups is 2. The van der Waals surface area contributed by atoms with E-state index in [2.05, 4.69) is 16.3 Å². The highest BCUT2D eigenvalue weighted by Gasteiger charge is 2.20. The van der Waals surface area contributed by atoms with Crippen LogP contribution in [0.5, 0.6) is 0 Å². The number of piperidine rings is 1. The molecule has 1 aliphatic heterocycles. The second-order valence-electron chi connectivity index (χ2n) is 8.29. The van der Waals surface area contributed by atoms with Crippen molar-refractivity contribution in [2.75, 3.05) is 35.3 Å². The van der Waals surface area contributed by atoms with Crippen LogP contribution in [-0.4, -0.2) is 32.0 Å². The predicted molar refractivity (Wildman–Crippen MR) is 135 cm³/mol. The molecule has 6 heteroatoms. The Labute approximate surface area is 200 Å². The van der Waals surface area contributed by atoms with Crippen molar-refractivity contribution in [3.8, 4) is 0 Å². The van der Waals surface area contributed by atoms with Crippen molar-refractivity contribution in [3.05, 3.63) is 88.9 Å². The lowest BCUT2D eigenvalue weighted by atomic mass is 10.1. The zero-order valence-corrected chi connectivity index (χ0v) is 19.5. The first-order valence-electron chi connectivity index (χ1n) is 11.3. The maximum atomic E-state index is 13.2. The maximum absolute atomic E-state index is 13.2. The SMILES string of the molecule is CN(C(=O)c1ccc(NC(=O)Cc2ccccc2Cl)cc1)c1ccccc1N1CCCCC1. The molecule has 0 unspecified atom stereocenters. The van der Waals surface area contributed by atoms with Crippen molar-refractivity contribution < 1.29 is 9.59 Å². The van der Waals surface area contributed by atoms with Gasteiger partial charge in [-0.15, -0.1) is 0 Å². The number of para-hydroxylation sites is 2. The summed E-state index contributed by atoms with van der Waals surface area (Å²) in [6.45, 7) is 2.03. The summed E-state index contributed by atoms with van der Waals surface area (Å²) >= 11 is 6.14. The first kappa shape index (κ1) is 22.9. The largest absolute Gasteiger partial charge is 0.370 e. The zero-order chi connectivity index (χ0) is 23.2. The molecule has 1 fully saturated rings. The zero-order valence-electron chi connectivity index (χ0n) is 18.8. The smallest absolute Gasteiger partial charge is 0.258 e. The van der Waals surface area contributed by atoms with Gasteiger partial charge in [0.2, 0.25) is 5.91 Å². The molecule has 3 aromatic rings. The lowest BCUT2D eigenvalue weighted by molar-refractivity contribution is -0.115. The summed E-state index contributed by atoms with van der Waals surface area (Å²) in [6, 6.07) is 22.3. The molecular formula is C27H28ClN3O2. The number of benzene rings is 3. The van der Waals surface area contributed by atoms with Crippen molar-refractivity contribution in [2.24, 2.45) is 0 Å². The summed E-state index contributed by atoms with van der Waals surface area (Å²) in [7, 11) is 1.81. The Hall–Kier alpha value is -3.31. The minimum absolute atomic E-state index is 0.0894. The minimum atomic E-state index is -0.158. The van der Waals surface area contributed by atoms with Gasteiger partial charge >= 0.3 is 0 Å². The van der Waals surface area contributed by atoms with Crippen LogP contribution >= 0.6 is 11.6 Å². The van der Waals surface area contributed by atoms with Gasteiger partial charge in [0.05, 0.1) is 17.8 Å². The quantitative estimate of drug-likeness (QED) is 0.505. The van der Waals surface area contributed by atoms with Crippen molar-refractivity contribution in [1.82, 2.24) is 0 Å². The molecule has 1 N–H and O–H groups in total. The fraction of sp³-hybridized carbons (Fsp3) is 0.259. The van der Waals surface area contributed by atoms with Crippen LogP contribution < -0.4 is 15.1 Å². The van der Waals surface area contributed by atoms with Gasteiger partial charge in [-0.2, -0.15) is 0 Å². The third kappa shape index (κ3) is 5.55. The van der Waals surface area contributed by atoms with Gasteiger partial charge in [0.1, 0.15) is 0 Å². The molecule has 170 valence electrons. The first-order chi connectivity index (χ1) is 16.0. The van der Waals surface area contributed by atoms with Crippen LogP contribution in [0.4, 0.5) is 17.1 Å². The highest BCUT2D eigenvalue weighted by Crippen LogP contribution is 2.31. The molecule has 4 rings (SSSR count). The molecular weight excluding hydrogens is 434 g/mol. The number of nitrogens with zero attached hydrogens (tertiary/aromatic N) is 2. The molecule has 0 radical (unpaired) electrons. The molecule has 0 bridgehead atoms. The summed E-state index contributed by atoms with van der Waals surface area (Å²) in [5.74, 6) is -0.247. The second kappa shape index (κ2) is 10.5. The molecule has 0 aromatic heterocycles. The van der Waals surface area contributed by atoms with Gasteiger partial charge in [-0.3, -0.25) is 9.59 Å². The number of carbonyl (C=O) groups excluding carboxylic acids is 2. The molecule has 1 aliphatic rings. The third-order valence-corrected chi connectivity index (χ3v) is 6.34. The van der Waals surface area contributed by atoms with E-state index in [1.807, 2.05) is 43.4 Å². The standard InChI is InChI=1S/C27H28ClN3O2/c1-30(24-11-5-6-12-25(24)31-17-7-2-8-18-31)27(33)20-13-15-22(16-14-20)29-26(32)19-21-9-3-4-10-23(21)28/h3-6,9-16H,2,7-8,17-19H2,1H3,(H,29,32). The van der Waals surface area contributed by atoms with E-state index in [1.54, 1.807) is 35.2 Å². The Morgan fingerprint density at radius 3 is 2.30 bits per heavy atom. The van der Waals surface area contributed by atoms with Crippen LogP contribution in [0.2, 0.25) is 5.02 Å². The summed E-state index contributed by atoms with van der Waals surface area (Å²) in [5.41, 5.74) is 3.98. The first-order valence-corrected chi connectivity index (χ1v) is 11.7. The molecule has 33 heavy (non-hydrogen) atoms. The van der Waals surface area contributed by atoms with Gasteiger partial charge in [-0.05, 0) is 67.3 Å². The van der Waals surface area contributed by atoms with Crippen LogP contribution in [0, 0.1) is 0 Å². The Morgan fingerprint density at radius 2 is 1.58 bits per heavy atom. The van der Waals surface area contributed by atoms with E-state index in [1.165, 1.54) is 19.3 Å². The molecule has 0 aliphatic carbocycles. The molecule has 2 amide bonds. The van der Waals surface area contributed by atoms with Crippen LogP contribution in [-0.2, 0) is 11.2 Å². The number of nitrogens with one attached hydrogen (secondary N) is 1. The van der Waals surface area contributed by atoms with Crippen molar-refractivity contribution in [3.63, 3.8) is 0 Å². The van der Waals surface area contributed by atoms with E-state index in [4.69, 9.17) is 11.6 Å². The lowest BCUT2D eigenvalue weighted by Crippen LogP contribution is -2.33. The predicted octanol–water partition coefficient (Wildman–Crippen LogP) is 5.79. The van der Waals surface area contributed by atoms with E-state index >= 15 is 0 Å². The van der Waals surface area contributed by atoms with Crippen molar-refractivity contribution in [1.29, 1.82) is 0 Å². The Bertz CT molecular complexity index is 1120. The molecule has 0 atom stereocenters. The fourth-order valence-electron chi connectivity index (χ4n) is 4.17. The number of hydrogen-bond acceptors (Lipinski definition) is 3. The summed E-state index contributed by atoms with van der Waals surface area (Å²) in [5, 5.41) is 3.44. The molecule has 5 nitrogen and oxygen atoms in total.